The first-order valence-electron chi connectivity index (χ1n) is 5.60. The molecule has 0 saturated carbocycles. The van der Waals surface area contributed by atoms with Crippen molar-refractivity contribution in [3.63, 3.8) is 0 Å². The molecule has 0 atom stereocenters. The maximum Gasteiger partial charge on any atom is 0.276 e. The van der Waals surface area contributed by atoms with Crippen LogP contribution in [0.1, 0.15) is 10.5 Å². The second kappa shape index (κ2) is 4.66. The summed E-state index contributed by atoms with van der Waals surface area (Å²) < 4.78 is 0. The molecule has 0 aliphatic heterocycles. The standard InChI is InChI=1S/C13H10N4OS/c14-9-3-1-2-8-4-5-10(16-11(8)9)12(18)17-13-15-6-7-19-13/h1-7H,14H2,(H,15,17,18). The fourth-order valence-corrected chi connectivity index (χ4v) is 2.27. The van der Waals surface area contributed by atoms with Crippen LogP contribution < -0.4 is 11.1 Å². The van der Waals surface area contributed by atoms with Gasteiger partial charge in [0.1, 0.15) is 5.69 Å². The normalized spacial score (nSPS) is 10.5. The van der Waals surface area contributed by atoms with Gasteiger partial charge in [-0.1, -0.05) is 18.2 Å². The molecule has 0 aliphatic carbocycles. The average molecular weight is 270 g/mol. The van der Waals surface area contributed by atoms with Gasteiger partial charge in [-0.25, -0.2) is 9.97 Å². The third kappa shape index (κ3) is 2.25. The molecule has 19 heavy (non-hydrogen) atoms. The van der Waals surface area contributed by atoms with Crippen molar-refractivity contribution in [1.29, 1.82) is 0 Å². The summed E-state index contributed by atoms with van der Waals surface area (Å²) >= 11 is 1.36. The summed E-state index contributed by atoms with van der Waals surface area (Å²) in [6, 6.07) is 9.02. The molecule has 0 radical (unpaired) electrons. The minimum absolute atomic E-state index is 0.292. The molecular weight excluding hydrogens is 260 g/mol. The molecule has 5 nitrogen and oxygen atoms in total. The van der Waals surface area contributed by atoms with Crippen molar-refractivity contribution in [2.24, 2.45) is 0 Å². The third-order valence-corrected chi connectivity index (χ3v) is 3.33. The molecule has 0 bridgehead atoms. The van der Waals surface area contributed by atoms with E-state index in [0.717, 1.165) is 5.39 Å². The molecule has 1 amide bonds. The van der Waals surface area contributed by atoms with Crippen LogP contribution >= 0.6 is 11.3 Å². The van der Waals surface area contributed by atoms with E-state index in [1.54, 1.807) is 23.7 Å². The van der Waals surface area contributed by atoms with Crippen LogP contribution in [0.3, 0.4) is 0 Å². The number of nitrogens with one attached hydrogen (secondary N) is 1. The van der Waals surface area contributed by atoms with E-state index in [4.69, 9.17) is 5.73 Å². The van der Waals surface area contributed by atoms with Crippen LogP contribution in [0.5, 0.6) is 0 Å². The Morgan fingerprint density at radius 3 is 2.95 bits per heavy atom. The molecule has 0 saturated heterocycles. The lowest BCUT2D eigenvalue weighted by atomic mass is 10.1. The molecule has 1 aromatic carbocycles. The number of nitrogens with two attached hydrogens (primary N) is 1. The molecule has 3 rings (SSSR count). The van der Waals surface area contributed by atoms with Gasteiger partial charge in [0.05, 0.1) is 11.2 Å². The van der Waals surface area contributed by atoms with E-state index in [1.807, 2.05) is 18.2 Å². The number of anilines is 2. The first-order valence-corrected chi connectivity index (χ1v) is 6.48. The number of thiazole rings is 1. The number of fused-ring (bicyclic) bond motifs is 1. The van der Waals surface area contributed by atoms with Gasteiger partial charge in [-0.15, -0.1) is 11.3 Å². The fourth-order valence-electron chi connectivity index (χ4n) is 1.74. The number of nitrogens with zero attached hydrogens (tertiary/aromatic N) is 2. The number of rotatable bonds is 2. The van der Waals surface area contributed by atoms with Gasteiger partial charge in [-0.2, -0.15) is 0 Å². The first kappa shape index (κ1) is 11.6. The van der Waals surface area contributed by atoms with Crippen LogP contribution in [-0.4, -0.2) is 15.9 Å². The number of carbonyl (C=O) groups is 1. The van der Waals surface area contributed by atoms with Crippen molar-refractivity contribution in [1.82, 2.24) is 9.97 Å². The summed E-state index contributed by atoms with van der Waals surface area (Å²) in [7, 11) is 0. The van der Waals surface area contributed by atoms with Crippen LogP contribution in [0.15, 0.2) is 41.9 Å². The largest absolute Gasteiger partial charge is 0.397 e. The van der Waals surface area contributed by atoms with Gasteiger partial charge in [0.15, 0.2) is 5.13 Å². The highest BCUT2D eigenvalue weighted by atomic mass is 32.1. The summed E-state index contributed by atoms with van der Waals surface area (Å²) in [5.74, 6) is -0.292. The van der Waals surface area contributed by atoms with Crippen molar-refractivity contribution in [3.8, 4) is 0 Å². The van der Waals surface area contributed by atoms with Crippen molar-refractivity contribution in [2.75, 3.05) is 11.1 Å². The third-order valence-electron chi connectivity index (χ3n) is 2.64. The van der Waals surface area contributed by atoms with Gasteiger partial charge in [-0.3, -0.25) is 10.1 Å². The molecule has 94 valence electrons. The molecule has 0 aliphatic rings. The first-order chi connectivity index (χ1) is 9.24. The van der Waals surface area contributed by atoms with Crippen molar-refractivity contribution in [2.45, 2.75) is 0 Å². The number of hydrogen-bond acceptors (Lipinski definition) is 5. The zero-order chi connectivity index (χ0) is 13.2. The summed E-state index contributed by atoms with van der Waals surface area (Å²) in [6.45, 7) is 0. The fraction of sp³-hybridized carbons (Fsp3) is 0. The average Bonchev–Trinajstić information content (AvgIpc) is 2.92. The topological polar surface area (TPSA) is 80.9 Å². The molecule has 2 heterocycles. The Morgan fingerprint density at radius 1 is 1.26 bits per heavy atom. The molecule has 2 aromatic heterocycles. The lowest BCUT2D eigenvalue weighted by Gasteiger charge is -2.04. The van der Waals surface area contributed by atoms with Crippen LogP contribution in [0, 0.1) is 0 Å². The van der Waals surface area contributed by atoms with E-state index in [1.165, 1.54) is 11.3 Å². The molecule has 3 aromatic rings. The monoisotopic (exact) mass is 270 g/mol. The molecule has 6 heteroatoms. The van der Waals surface area contributed by atoms with E-state index in [9.17, 15) is 4.79 Å². The van der Waals surface area contributed by atoms with E-state index in [2.05, 4.69) is 15.3 Å². The SMILES string of the molecule is Nc1cccc2ccc(C(=O)Nc3nccs3)nc12. The number of benzene rings is 1. The van der Waals surface area contributed by atoms with Gasteiger partial charge >= 0.3 is 0 Å². The van der Waals surface area contributed by atoms with Gasteiger partial charge in [-0.05, 0) is 12.1 Å². The Morgan fingerprint density at radius 2 is 2.16 bits per heavy atom. The number of nitrogen functional groups attached to an aromatic ring is 1. The highest BCUT2D eigenvalue weighted by Gasteiger charge is 2.10. The predicted octanol–water partition coefficient (Wildman–Crippen LogP) is 2.53. The number of pyridine rings is 1. The lowest BCUT2D eigenvalue weighted by Crippen LogP contribution is -2.13. The number of hydrogen-bond donors (Lipinski definition) is 2. The number of para-hydroxylation sites is 1. The second-order valence-corrected chi connectivity index (χ2v) is 4.80. The Bertz CT molecular complexity index is 739. The van der Waals surface area contributed by atoms with Crippen LogP contribution in [0.2, 0.25) is 0 Å². The van der Waals surface area contributed by atoms with Gasteiger partial charge in [0.25, 0.3) is 5.91 Å². The maximum atomic E-state index is 12.0. The zero-order valence-electron chi connectivity index (χ0n) is 9.83. The Kier molecular flexibility index (Phi) is 2.85. The molecule has 0 spiro atoms. The Balaban J connectivity index is 1.97. The molecule has 3 N–H and O–H groups in total. The molecule has 0 fully saturated rings. The van der Waals surface area contributed by atoms with Gasteiger partial charge < -0.3 is 5.73 Å². The van der Waals surface area contributed by atoms with E-state index in [-0.39, 0.29) is 5.91 Å². The smallest absolute Gasteiger partial charge is 0.276 e. The summed E-state index contributed by atoms with van der Waals surface area (Å²) in [5, 5.41) is 5.94. The Hall–Kier alpha value is -2.47. The number of amides is 1. The maximum absolute atomic E-state index is 12.0. The minimum atomic E-state index is -0.292. The lowest BCUT2D eigenvalue weighted by molar-refractivity contribution is 0.102. The number of aromatic nitrogens is 2. The van der Waals surface area contributed by atoms with Crippen LogP contribution in [0.25, 0.3) is 10.9 Å². The highest BCUT2D eigenvalue weighted by molar-refractivity contribution is 7.13. The summed E-state index contributed by atoms with van der Waals surface area (Å²) in [4.78, 5) is 20.3. The minimum Gasteiger partial charge on any atom is -0.397 e. The number of carbonyl (C=O) groups excluding carboxylic acids is 1. The van der Waals surface area contributed by atoms with Crippen molar-refractivity contribution >= 4 is 39.0 Å². The highest BCUT2D eigenvalue weighted by Crippen LogP contribution is 2.19. The van der Waals surface area contributed by atoms with Crippen molar-refractivity contribution < 1.29 is 4.79 Å². The van der Waals surface area contributed by atoms with E-state index >= 15 is 0 Å². The van der Waals surface area contributed by atoms with Crippen LogP contribution in [-0.2, 0) is 0 Å². The quantitative estimate of drug-likeness (QED) is 0.701. The van der Waals surface area contributed by atoms with Crippen molar-refractivity contribution in [3.05, 3.63) is 47.6 Å². The second-order valence-electron chi connectivity index (χ2n) is 3.91. The van der Waals surface area contributed by atoms with Gasteiger partial charge in [0, 0.05) is 17.0 Å². The summed E-state index contributed by atoms with van der Waals surface area (Å²) in [5.41, 5.74) is 7.37. The van der Waals surface area contributed by atoms with E-state index < -0.39 is 0 Å². The van der Waals surface area contributed by atoms with E-state index in [0.29, 0.717) is 22.0 Å². The Labute approximate surface area is 113 Å². The van der Waals surface area contributed by atoms with Crippen LogP contribution in [0.4, 0.5) is 10.8 Å². The predicted molar refractivity (Wildman–Crippen MR) is 76.2 cm³/mol. The summed E-state index contributed by atoms with van der Waals surface area (Å²) in [6.07, 6.45) is 1.63. The molecule has 0 unspecified atom stereocenters. The molecular formula is C13H10N4OS. The van der Waals surface area contributed by atoms with Gasteiger partial charge in [0.2, 0.25) is 0 Å². The zero-order valence-corrected chi connectivity index (χ0v) is 10.6.